The first-order valence-electron chi connectivity index (χ1n) is 20.1. The van der Waals surface area contributed by atoms with Gasteiger partial charge in [-0.3, -0.25) is 0 Å². The summed E-state index contributed by atoms with van der Waals surface area (Å²) in [5.41, 5.74) is 4.20. The average molecular weight is 807 g/mol. The van der Waals surface area contributed by atoms with Crippen LogP contribution < -0.4 is 19.6 Å². The lowest BCUT2D eigenvalue weighted by molar-refractivity contribution is 0.444. The standard InChI is InChI=1S/C47H56N3O3S3/c1-5-9-18-36(8-4)33-48-56(51,52)46-24-17-16-23-43(46)47-41-27-25-37(49(29-6-2)34-54-39-19-12-10-13-20-39)31-44(41)53-45-32-38(26-28-42(45)47)50(30-7-3)35-55-40-21-14-11-15-22-40/h10-17,19-28,31-32,36,48H,5-9,18,29-30,33-35H2,1-4H3/q+1. The summed E-state index contributed by atoms with van der Waals surface area (Å²) in [6.45, 7) is 10.9. The van der Waals surface area contributed by atoms with Crippen LogP contribution in [-0.2, 0) is 10.0 Å². The summed E-state index contributed by atoms with van der Waals surface area (Å²) >= 11 is 3.63. The van der Waals surface area contributed by atoms with Crippen molar-refractivity contribution in [3.63, 3.8) is 0 Å². The second kappa shape index (κ2) is 20.4. The van der Waals surface area contributed by atoms with Gasteiger partial charge in [-0.2, -0.15) is 0 Å². The monoisotopic (exact) mass is 806 g/mol. The molecule has 294 valence electrons. The summed E-state index contributed by atoms with van der Waals surface area (Å²) in [7, 11) is -3.83. The third kappa shape index (κ3) is 10.5. The van der Waals surface area contributed by atoms with E-state index in [1.807, 2.05) is 53.9 Å². The molecule has 0 saturated heterocycles. The van der Waals surface area contributed by atoms with Crippen molar-refractivity contribution in [2.75, 3.05) is 36.3 Å². The molecule has 0 saturated carbocycles. The second-order valence-electron chi connectivity index (χ2n) is 14.3. The van der Waals surface area contributed by atoms with E-state index < -0.39 is 10.0 Å². The van der Waals surface area contributed by atoms with Gasteiger partial charge < -0.3 is 9.32 Å². The van der Waals surface area contributed by atoms with E-state index in [0.717, 1.165) is 102 Å². The summed E-state index contributed by atoms with van der Waals surface area (Å²) < 4.78 is 40.8. The van der Waals surface area contributed by atoms with Crippen LogP contribution >= 0.6 is 23.5 Å². The molecule has 1 atom stereocenters. The molecule has 4 aromatic rings. The van der Waals surface area contributed by atoms with Gasteiger partial charge in [0.25, 0.3) is 0 Å². The Bertz CT molecular complexity index is 2310. The predicted molar refractivity (Wildman–Crippen MR) is 239 cm³/mol. The van der Waals surface area contributed by atoms with E-state index in [0.29, 0.717) is 18.0 Å². The molecule has 0 amide bonds. The normalized spacial score (nSPS) is 12.9. The molecule has 0 aromatic heterocycles. The van der Waals surface area contributed by atoms with E-state index in [4.69, 9.17) is 4.42 Å². The maximum Gasteiger partial charge on any atom is 0.241 e. The summed E-state index contributed by atoms with van der Waals surface area (Å²) in [6, 6.07) is 41.2. The van der Waals surface area contributed by atoms with E-state index in [-0.39, 0.29) is 4.90 Å². The number of benzene rings is 5. The molecule has 6 rings (SSSR count). The summed E-state index contributed by atoms with van der Waals surface area (Å²) in [5.74, 6) is 2.61. The average Bonchev–Trinajstić information content (AvgIpc) is 3.23. The van der Waals surface area contributed by atoms with Gasteiger partial charge in [-0.05, 0) is 67.3 Å². The number of rotatable bonds is 20. The summed E-state index contributed by atoms with van der Waals surface area (Å²) in [4.78, 5) is 5.13. The maximum atomic E-state index is 14.2. The van der Waals surface area contributed by atoms with Gasteiger partial charge >= 0.3 is 0 Å². The molecule has 1 aliphatic heterocycles. The first-order chi connectivity index (χ1) is 27.3. The number of anilines is 1. The number of fused-ring (bicyclic) bond motifs is 2. The van der Waals surface area contributed by atoms with Crippen LogP contribution in [0.4, 0.5) is 5.69 Å². The highest BCUT2D eigenvalue weighted by Gasteiger charge is 2.26. The molecule has 1 N–H and O–H groups in total. The molecule has 0 radical (unpaired) electrons. The molecule has 9 heteroatoms. The van der Waals surface area contributed by atoms with Crippen molar-refractivity contribution in [1.82, 2.24) is 9.30 Å². The van der Waals surface area contributed by atoms with Crippen molar-refractivity contribution in [2.45, 2.75) is 80.9 Å². The van der Waals surface area contributed by atoms with E-state index in [2.05, 4.69) is 127 Å². The lowest BCUT2D eigenvalue weighted by Crippen LogP contribution is -2.30. The van der Waals surface area contributed by atoms with Gasteiger partial charge in [0.15, 0.2) is 5.88 Å². The molecule has 4 aromatic carbocycles. The second-order valence-corrected chi connectivity index (χ2v) is 18.1. The molecular weight excluding hydrogens is 751 g/mol. The zero-order valence-electron chi connectivity index (χ0n) is 33.2. The molecule has 6 nitrogen and oxygen atoms in total. The number of sulfonamides is 1. The van der Waals surface area contributed by atoms with Crippen molar-refractivity contribution in [2.24, 2.45) is 5.92 Å². The molecule has 1 unspecified atom stereocenters. The molecular formula is C47H56N3O3S3+. The molecule has 56 heavy (non-hydrogen) atoms. The van der Waals surface area contributed by atoms with Crippen molar-refractivity contribution in [3.05, 3.63) is 127 Å². The van der Waals surface area contributed by atoms with Crippen molar-refractivity contribution in [1.29, 1.82) is 0 Å². The fourth-order valence-electron chi connectivity index (χ4n) is 7.12. The van der Waals surface area contributed by atoms with Gasteiger partial charge in [-0.15, -0.1) is 11.8 Å². The SMILES string of the molecule is CCCCC(CC)CNS(=O)(=O)c1ccccc1-c1c2cc/c(=[N+](\CCC)CSc3ccccc3)cc-2oc2cc(N(CCC)CSc3ccccc3)ccc12. The van der Waals surface area contributed by atoms with Crippen LogP contribution in [0.15, 0.2) is 140 Å². The van der Waals surface area contributed by atoms with Crippen LogP contribution in [0.25, 0.3) is 33.4 Å². The van der Waals surface area contributed by atoms with Gasteiger partial charge in [0.05, 0.1) is 16.8 Å². The zero-order chi connectivity index (χ0) is 39.3. The van der Waals surface area contributed by atoms with Crippen molar-refractivity contribution < 1.29 is 12.8 Å². The van der Waals surface area contributed by atoms with Gasteiger partial charge in [0, 0.05) is 69.2 Å². The number of hydrogen-bond donors (Lipinski definition) is 1. The predicted octanol–water partition coefficient (Wildman–Crippen LogP) is 11.6. The fraction of sp³-hybridized carbons (Fsp3) is 0.340. The Hall–Kier alpha value is -4.02. The Balaban J connectivity index is 1.50. The molecule has 1 heterocycles. The highest BCUT2D eigenvalue weighted by atomic mass is 32.2. The minimum absolute atomic E-state index is 0.283. The van der Waals surface area contributed by atoms with Crippen LogP contribution in [0.1, 0.15) is 66.2 Å². The Kier molecular flexibility index (Phi) is 15.2. The van der Waals surface area contributed by atoms with Crippen molar-refractivity contribution >= 4 is 50.2 Å². The first kappa shape index (κ1) is 41.6. The Labute approximate surface area is 342 Å². The Morgan fingerprint density at radius 2 is 1.46 bits per heavy atom. The van der Waals surface area contributed by atoms with Crippen LogP contribution in [0.2, 0.25) is 0 Å². The topological polar surface area (TPSA) is 65.6 Å². The van der Waals surface area contributed by atoms with Gasteiger partial charge in [0.1, 0.15) is 17.9 Å². The van der Waals surface area contributed by atoms with Crippen LogP contribution in [-0.4, -0.2) is 39.8 Å². The maximum absolute atomic E-state index is 14.2. The third-order valence-electron chi connectivity index (χ3n) is 10.2. The van der Waals surface area contributed by atoms with Crippen molar-refractivity contribution in [3.8, 4) is 22.5 Å². The smallest absolute Gasteiger partial charge is 0.241 e. The molecule has 0 spiro atoms. The number of thioether (sulfide) groups is 2. The van der Waals surface area contributed by atoms with E-state index >= 15 is 0 Å². The Morgan fingerprint density at radius 3 is 2.16 bits per heavy atom. The zero-order valence-corrected chi connectivity index (χ0v) is 35.7. The summed E-state index contributed by atoms with van der Waals surface area (Å²) in [5, 5.41) is 1.95. The Morgan fingerprint density at radius 1 is 0.750 bits per heavy atom. The van der Waals surface area contributed by atoms with Gasteiger partial charge in [-0.1, -0.05) is 113 Å². The lowest BCUT2D eigenvalue weighted by atomic mass is 9.93. The molecule has 1 aliphatic carbocycles. The first-order valence-corrected chi connectivity index (χ1v) is 23.6. The number of nitrogens with one attached hydrogen (secondary N) is 1. The molecule has 2 aliphatic rings. The third-order valence-corrected chi connectivity index (χ3v) is 13.8. The quantitative estimate of drug-likeness (QED) is 0.0359. The number of nitrogens with zero attached hydrogens (tertiary/aromatic N) is 2. The van der Waals surface area contributed by atoms with Crippen LogP contribution in [0.3, 0.4) is 0 Å². The molecule has 0 fully saturated rings. The largest absolute Gasteiger partial charge is 0.456 e. The highest BCUT2D eigenvalue weighted by molar-refractivity contribution is 7.99. The molecule has 0 bridgehead atoms. The summed E-state index contributed by atoms with van der Waals surface area (Å²) in [6.07, 6.45) is 6.13. The minimum atomic E-state index is -3.83. The van der Waals surface area contributed by atoms with Crippen LogP contribution in [0.5, 0.6) is 0 Å². The van der Waals surface area contributed by atoms with Crippen LogP contribution in [0, 0.1) is 5.92 Å². The van der Waals surface area contributed by atoms with Gasteiger partial charge in [0.2, 0.25) is 15.4 Å². The van der Waals surface area contributed by atoms with Gasteiger partial charge in [-0.25, -0.2) is 17.7 Å². The van der Waals surface area contributed by atoms with E-state index in [1.54, 1.807) is 6.07 Å². The highest BCUT2D eigenvalue weighted by Crippen LogP contribution is 2.43. The number of hydrogen-bond acceptors (Lipinski definition) is 6. The number of unbranched alkanes of at least 4 members (excludes halogenated alkanes) is 1. The minimum Gasteiger partial charge on any atom is -0.456 e. The van der Waals surface area contributed by atoms with E-state index in [1.165, 1.54) is 9.79 Å². The lowest BCUT2D eigenvalue weighted by Gasteiger charge is -2.25. The van der Waals surface area contributed by atoms with E-state index in [9.17, 15) is 8.42 Å². The fourth-order valence-corrected chi connectivity index (χ4v) is 10.3.